The molecule has 8 heteroatoms. The summed E-state index contributed by atoms with van der Waals surface area (Å²) in [7, 11) is 1.80. The summed E-state index contributed by atoms with van der Waals surface area (Å²) in [6, 6.07) is 7.21. The molecule has 0 aliphatic carbocycles. The van der Waals surface area contributed by atoms with Gasteiger partial charge in [-0.3, -0.25) is 9.48 Å². The number of carboxylic acid groups (broad SMARTS) is 1. The van der Waals surface area contributed by atoms with Crippen LogP contribution in [0.5, 0.6) is 0 Å². The fourth-order valence-electron chi connectivity index (χ4n) is 2.66. The van der Waals surface area contributed by atoms with Crippen LogP contribution in [0.4, 0.5) is 5.82 Å². The van der Waals surface area contributed by atoms with Crippen molar-refractivity contribution in [3.05, 3.63) is 35.0 Å². The van der Waals surface area contributed by atoms with Crippen molar-refractivity contribution in [3.8, 4) is 11.4 Å². The average molecular weight is 360 g/mol. The quantitative estimate of drug-likeness (QED) is 0.702. The van der Waals surface area contributed by atoms with Gasteiger partial charge in [0.15, 0.2) is 11.6 Å². The summed E-state index contributed by atoms with van der Waals surface area (Å²) in [4.78, 5) is 20.1. The molecule has 1 aromatic carbocycles. The second-order valence-electron chi connectivity index (χ2n) is 5.67. The average Bonchev–Trinajstić information content (AvgIpc) is 2.90. The Balaban J connectivity index is 2.18. The molecular weight excluding hydrogens is 342 g/mol. The van der Waals surface area contributed by atoms with E-state index < -0.39 is 5.97 Å². The first-order valence-electron chi connectivity index (χ1n) is 7.94. The van der Waals surface area contributed by atoms with E-state index in [9.17, 15) is 4.79 Å². The molecule has 130 valence electrons. The van der Waals surface area contributed by atoms with Crippen LogP contribution in [0.15, 0.2) is 24.3 Å². The lowest BCUT2D eigenvalue weighted by molar-refractivity contribution is -0.134. The van der Waals surface area contributed by atoms with Gasteiger partial charge in [0.05, 0.1) is 5.69 Å². The molecule has 2 aromatic heterocycles. The van der Waals surface area contributed by atoms with E-state index in [1.807, 2.05) is 12.1 Å². The van der Waals surface area contributed by atoms with Crippen molar-refractivity contribution in [3.63, 3.8) is 0 Å². The third-order valence-electron chi connectivity index (χ3n) is 3.75. The van der Waals surface area contributed by atoms with Crippen LogP contribution in [0, 0.1) is 0 Å². The zero-order valence-electron chi connectivity index (χ0n) is 14.0. The minimum absolute atomic E-state index is 0.236. The van der Waals surface area contributed by atoms with Crippen molar-refractivity contribution in [2.24, 2.45) is 7.05 Å². The molecule has 7 nitrogen and oxygen atoms in total. The monoisotopic (exact) mass is 359 g/mol. The number of fused-ring (bicyclic) bond motifs is 1. The Morgan fingerprint density at radius 3 is 2.64 bits per heavy atom. The van der Waals surface area contributed by atoms with Gasteiger partial charge in [0.1, 0.15) is 17.6 Å². The lowest BCUT2D eigenvalue weighted by Crippen LogP contribution is -2.14. The van der Waals surface area contributed by atoms with Gasteiger partial charge in [-0.2, -0.15) is 5.10 Å². The van der Waals surface area contributed by atoms with Gasteiger partial charge in [-0.1, -0.05) is 24.9 Å². The van der Waals surface area contributed by atoms with Crippen LogP contribution in [0.3, 0.4) is 0 Å². The Kier molecular flexibility index (Phi) is 4.85. The highest BCUT2D eigenvalue weighted by Crippen LogP contribution is 2.28. The standard InChI is InChI=1S/C17H18ClN5O2/c1-3-4-12-14-15(23(2)22-12)17(19-9-13(24)25)21-16(20-14)10-5-7-11(18)8-6-10/h5-8H,3-4,9H2,1-2H3,(H,24,25)(H,19,20,21). The number of nitrogens with one attached hydrogen (secondary N) is 1. The SMILES string of the molecule is CCCc1nn(C)c2c(NCC(=O)O)nc(-c3ccc(Cl)cc3)nc12. The summed E-state index contributed by atoms with van der Waals surface area (Å²) in [5.41, 5.74) is 3.10. The number of anilines is 1. The molecule has 0 aliphatic rings. The van der Waals surface area contributed by atoms with E-state index in [2.05, 4.69) is 27.3 Å². The predicted molar refractivity (Wildman–Crippen MR) is 96.9 cm³/mol. The van der Waals surface area contributed by atoms with Crippen LogP contribution in [-0.2, 0) is 18.3 Å². The summed E-state index contributed by atoms with van der Waals surface area (Å²) in [6.45, 7) is 1.84. The van der Waals surface area contributed by atoms with Gasteiger partial charge >= 0.3 is 5.97 Å². The van der Waals surface area contributed by atoms with Crippen LogP contribution in [0.2, 0.25) is 5.02 Å². The van der Waals surface area contributed by atoms with E-state index >= 15 is 0 Å². The lowest BCUT2D eigenvalue weighted by atomic mass is 10.2. The first-order chi connectivity index (χ1) is 12.0. The van der Waals surface area contributed by atoms with Gasteiger partial charge in [0.2, 0.25) is 0 Å². The van der Waals surface area contributed by atoms with Crippen LogP contribution < -0.4 is 5.32 Å². The number of halogens is 1. The number of carboxylic acids is 1. The Hall–Kier alpha value is -2.67. The number of aliphatic carboxylic acids is 1. The molecule has 0 spiro atoms. The molecule has 0 saturated carbocycles. The van der Waals surface area contributed by atoms with Crippen molar-refractivity contribution in [1.29, 1.82) is 0 Å². The third kappa shape index (κ3) is 3.56. The van der Waals surface area contributed by atoms with E-state index in [0.717, 1.165) is 29.6 Å². The molecule has 25 heavy (non-hydrogen) atoms. The van der Waals surface area contributed by atoms with Gasteiger partial charge in [0.25, 0.3) is 0 Å². The first kappa shape index (κ1) is 17.2. The minimum atomic E-state index is -0.962. The summed E-state index contributed by atoms with van der Waals surface area (Å²) in [5.74, 6) is -0.00660. The molecule has 2 heterocycles. The Bertz CT molecular complexity index is 921. The molecule has 0 unspecified atom stereocenters. The first-order valence-corrected chi connectivity index (χ1v) is 8.32. The largest absolute Gasteiger partial charge is 0.480 e. The second-order valence-corrected chi connectivity index (χ2v) is 6.10. The molecule has 0 atom stereocenters. The van der Waals surface area contributed by atoms with E-state index in [0.29, 0.717) is 22.2 Å². The van der Waals surface area contributed by atoms with Crippen molar-refractivity contribution in [1.82, 2.24) is 19.7 Å². The topological polar surface area (TPSA) is 92.9 Å². The lowest BCUT2D eigenvalue weighted by Gasteiger charge is -2.08. The molecule has 0 fully saturated rings. The van der Waals surface area contributed by atoms with Crippen LogP contribution in [-0.4, -0.2) is 37.4 Å². The number of aromatic nitrogens is 4. The summed E-state index contributed by atoms with van der Waals surface area (Å²) in [5, 5.41) is 17.0. The molecule has 0 saturated heterocycles. The number of carbonyl (C=O) groups is 1. The Labute approximate surface area is 149 Å². The van der Waals surface area contributed by atoms with Gasteiger partial charge in [-0.15, -0.1) is 0 Å². The number of nitrogens with zero attached hydrogens (tertiary/aromatic N) is 4. The number of hydrogen-bond donors (Lipinski definition) is 2. The molecule has 0 radical (unpaired) electrons. The zero-order chi connectivity index (χ0) is 18.0. The summed E-state index contributed by atoms with van der Waals surface area (Å²) < 4.78 is 1.69. The highest BCUT2D eigenvalue weighted by atomic mass is 35.5. The van der Waals surface area contributed by atoms with Gasteiger partial charge in [-0.25, -0.2) is 9.97 Å². The van der Waals surface area contributed by atoms with E-state index in [-0.39, 0.29) is 6.54 Å². The number of aryl methyl sites for hydroxylation is 2. The third-order valence-corrected chi connectivity index (χ3v) is 4.00. The van der Waals surface area contributed by atoms with Crippen molar-refractivity contribution in [2.45, 2.75) is 19.8 Å². The normalized spacial score (nSPS) is 11.0. The van der Waals surface area contributed by atoms with Crippen LogP contribution in [0.25, 0.3) is 22.4 Å². The Morgan fingerprint density at radius 1 is 1.28 bits per heavy atom. The van der Waals surface area contributed by atoms with Crippen molar-refractivity contribution in [2.75, 3.05) is 11.9 Å². The fraction of sp³-hybridized carbons (Fsp3) is 0.294. The predicted octanol–water partition coefficient (Wildman–Crippen LogP) is 3.13. The molecule has 3 rings (SSSR count). The second kappa shape index (κ2) is 7.06. The maximum absolute atomic E-state index is 11.0. The summed E-state index contributed by atoms with van der Waals surface area (Å²) >= 11 is 5.95. The molecular formula is C17H18ClN5O2. The number of rotatable bonds is 6. The zero-order valence-corrected chi connectivity index (χ0v) is 14.7. The van der Waals surface area contributed by atoms with E-state index in [1.165, 1.54) is 0 Å². The van der Waals surface area contributed by atoms with Gasteiger partial charge < -0.3 is 10.4 Å². The molecule has 0 bridgehead atoms. The maximum atomic E-state index is 11.0. The van der Waals surface area contributed by atoms with Crippen LogP contribution in [0.1, 0.15) is 19.0 Å². The smallest absolute Gasteiger partial charge is 0.322 e. The van der Waals surface area contributed by atoms with Crippen LogP contribution >= 0.6 is 11.6 Å². The Morgan fingerprint density at radius 2 is 2.00 bits per heavy atom. The highest BCUT2D eigenvalue weighted by Gasteiger charge is 2.18. The minimum Gasteiger partial charge on any atom is -0.480 e. The van der Waals surface area contributed by atoms with E-state index in [4.69, 9.17) is 16.7 Å². The van der Waals surface area contributed by atoms with E-state index in [1.54, 1.807) is 23.9 Å². The number of hydrogen-bond acceptors (Lipinski definition) is 5. The molecule has 0 amide bonds. The molecule has 3 aromatic rings. The molecule has 0 aliphatic heterocycles. The van der Waals surface area contributed by atoms with Gasteiger partial charge in [-0.05, 0) is 30.7 Å². The molecule has 2 N–H and O–H groups in total. The van der Waals surface area contributed by atoms with Crippen molar-refractivity contribution < 1.29 is 9.90 Å². The maximum Gasteiger partial charge on any atom is 0.322 e. The van der Waals surface area contributed by atoms with Gasteiger partial charge in [0, 0.05) is 17.6 Å². The summed E-state index contributed by atoms with van der Waals surface area (Å²) in [6.07, 6.45) is 1.72. The number of benzene rings is 1. The fourth-order valence-corrected chi connectivity index (χ4v) is 2.78. The van der Waals surface area contributed by atoms with Crippen molar-refractivity contribution >= 4 is 34.4 Å². The highest BCUT2D eigenvalue weighted by molar-refractivity contribution is 6.30.